The van der Waals surface area contributed by atoms with Crippen molar-refractivity contribution in [3.05, 3.63) is 64.7 Å². The summed E-state index contributed by atoms with van der Waals surface area (Å²) in [5.74, 6) is 2.56. The number of aryl methyl sites for hydroxylation is 2. The maximum absolute atomic E-state index is 11.5. The number of aliphatic hydroxyl groups is 1. The molecule has 1 aromatic carbocycles. The van der Waals surface area contributed by atoms with E-state index in [0.717, 1.165) is 33.6 Å². The van der Waals surface area contributed by atoms with E-state index in [-0.39, 0.29) is 13.2 Å². The van der Waals surface area contributed by atoms with Crippen LogP contribution in [0.2, 0.25) is 0 Å². The maximum Gasteiger partial charge on any atom is 0.407 e. The van der Waals surface area contributed by atoms with Gasteiger partial charge in [0.1, 0.15) is 29.2 Å². The van der Waals surface area contributed by atoms with Gasteiger partial charge in [-0.2, -0.15) is 0 Å². The lowest BCUT2D eigenvalue weighted by Gasteiger charge is -2.40. The highest BCUT2D eigenvalue weighted by Crippen LogP contribution is 2.33. The fraction of sp³-hybridized carbons (Fsp3) is 0.296. The molecule has 3 aromatic heterocycles. The monoisotopic (exact) mass is 593 g/mol. The van der Waals surface area contributed by atoms with Crippen LogP contribution in [0.25, 0.3) is 11.0 Å². The molecule has 1 aliphatic rings. The number of aromatic nitrogens is 4. The van der Waals surface area contributed by atoms with Crippen molar-refractivity contribution < 1.29 is 19.7 Å². The molecule has 1 amide bonds. The summed E-state index contributed by atoms with van der Waals surface area (Å²) in [6, 6.07) is 10.9. The smallest absolute Gasteiger partial charge is 0.407 e. The molecule has 0 bridgehead atoms. The molecule has 0 aliphatic carbocycles. The van der Waals surface area contributed by atoms with Crippen LogP contribution in [-0.2, 0) is 6.42 Å². The van der Waals surface area contributed by atoms with E-state index < -0.39 is 12.1 Å². The molecule has 1 aliphatic heterocycles. The molecule has 0 saturated carbocycles. The van der Waals surface area contributed by atoms with Gasteiger partial charge in [0.2, 0.25) is 0 Å². The topological polar surface area (TPSA) is 137 Å². The SMILES string of the molecule is CCc1ccc(Oc2ccc(Nc3ncnc4cc(Br)c(N5CCN(C(=O)O)[C@H](CO)C5)nc34)cc2C)cn1. The zero-order valence-electron chi connectivity index (χ0n) is 21.5. The van der Waals surface area contributed by atoms with Crippen LogP contribution in [0.3, 0.4) is 0 Å². The van der Waals surface area contributed by atoms with Gasteiger partial charge in [-0.3, -0.25) is 9.88 Å². The summed E-state index contributed by atoms with van der Waals surface area (Å²) in [4.78, 5) is 32.8. The molecule has 0 radical (unpaired) electrons. The molecule has 0 unspecified atom stereocenters. The molecule has 4 aromatic rings. The number of benzene rings is 1. The number of rotatable bonds is 7. The third-order valence-electron chi connectivity index (χ3n) is 6.61. The molecule has 202 valence electrons. The molecular weight excluding hydrogens is 566 g/mol. The number of fused-ring (bicyclic) bond motifs is 1. The van der Waals surface area contributed by atoms with Gasteiger partial charge in [-0.25, -0.2) is 19.7 Å². The number of pyridine rings is 2. The summed E-state index contributed by atoms with van der Waals surface area (Å²) in [5.41, 5.74) is 3.96. The van der Waals surface area contributed by atoms with Gasteiger partial charge in [-0.05, 0) is 71.2 Å². The van der Waals surface area contributed by atoms with E-state index >= 15 is 0 Å². The number of hydrogen-bond donors (Lipinski definition) is 3. The Morgan fingerprint density at radius 1 is 1.18 bits per heavy atom. The van der Waals surface area contributed by atoms with Crippen LogP contribution in [0, 0.1) is 6.92 Å². The Labute approximate surface area is 233 Å². The highest BCUT2D eigenvalue weighted by atomic mass is 79.9. The molecule has 3 N–H and O–H groups in total. The zero-order valence-corrected chi connectivity index (χ0v) is 23.1. The maximum atomic E-state index is 11.5. The summed E-state index contributed by atoms with van der Waals surface area (Å²) in [7, 11) is 0. The minimum Gasteiger partial charge on any atom is -0.465 e. The fourth-order valence-electron chi connectivity index (χ4n) is 4.51. The van der Waals surface area contributed by atoms with Gasteiger partial charge < -0.3 is 25.2 Å². The van der Waals surface area contributed by atoms with E-state index in [1.165, 1.54) is 11.2 Å². The van der Waals surface area contributed by atoms with Gasteiger partial charge >= 0.3 is 6.09 Å². The number of ether oxygens (including phenoxy) is 1. The Morgan fingerprint density at radius 3 is 2.72 bits per heavy atom. The van der Waals surface area contributed by atoms with Crippen LogP contribution in [0.5, 0.6) is 11.5 Å². The minimum atomic E-state index is -1.04. The number of halogens is 1. The summed E-state index contributed by atoms with van der Waals surface area (Å²) in [6.45, 7) is 4.76. The highest BCUT2D eigenvalue weighted by Gasteiger charge is 2.31. The van der Waals surface area contributed by atoms with E-state index in [1.807, 2.05) is 48.2 Å². The molecule has 12 heteroatoms. The van der Waals surface area contributed by atoms with Gasteiger partial charge in [-0.15, -0.1) is 0 Å². The summed E-state index contributed by atoms with van der Waals surface area (Å²) in [5, 5.41) is 22.5. The number of carboxylic acid groups (broad SMARTS) is 1. The Balaban J connectivity index is 1.39. The minimum absolute atomic E-state index is 0.260. The van der Waals surface area contributed by atoms with Crippen LogP contribution in [0.15, 0.2) is 53.4 Å². The van der Waals surface area contributed by atoms with E-state index in [4.69, 9.17) is 9.72 Å². The largest absolute Gasteiger partial charge is 0.465 e. The van der Waals surface area contributed by atoms with Crippen molar-refractivity contribution in [2.75, 3.05) is 36.5 Å². The second kappa shape index (κ2) is 11.4. The van der Waals surface area contributed by atoms with E-state index in [1.54, 1.807) is 6.20 Å². The van der Waals surface area contributed by atoms with Crippen molar-refractivity contribution in [1.29, 1.82) is 0 Å². The van der Waals surface area contributed by atoms with Crippen LogP contribution in [0.4, 0.5) is 22.1 Å². The number of carbonyl (C=O) groups is 1. The first kappa shape index (κ1) is 26.6. The van der Waals surface area contributed by atoms with Gasteiger partial charge in [-0.1, -0.05) is 6.92 Å². The lowest BCUT2D eigenvalue weighted by atomic mass is 10.2. The zero-order chi connectivity index (χ0) is 27.5. The number of hydrogen-bond acceptors (Lipinski definition) is 9. The molecular formula is C27H28BrN7O4. The van der Waals surface area contributed by atoms with Crippen molar-refractivity contribution in [3.63, 3.8) is 0 Å². The number of anilines is 3. The second-order valence-corrected chi connectivity index (χ2v) is 10.0. The summed E-state index contributed by atoms with van der Waals surface area (Å²) in [6.07, 6.45) is 3.03. The second-order valence-electron chi connectivity index (χ2n) is 9.19. The Kier molecular flexibility index (Phi) is 7.75. The number of aliphatic hydroxyl groups excluding tert-OH is 1. The Hall–Kier alpha value is -4.03. The molecule has 1 fully saturated rings. The van der Waals surface area contributed by atoms with Gasteiger partial charge in [0.25, 0.3) is 0 Å². The quantitative estimate of drug-likeness (QED) is 0.275. The van der Waals surface area contributed by atoms with Crippen LogP contribution in [0.1, 0.15) is 18.2 Å². The average Bonchev–Trinajstić information content (AvgIpc) is 2.94. The third kappa shape index (κ3) is 5.71. The van der Waals surface area contributed by atoms with E-state index in [2.05, 4.69) is 43.1 Å². The van der Waals surface area contributed by atoms with Crippen molar-refractivity contribution in [2.45, 2.75) is 26.3 Å². The normalized spacial score (nSPS) is 15.4. The average molecular weight is 594 g/mol. The molecule has 0 spiro atoms. The first-order chi connectivity index (χ1) is 18.9. The van der Waals surface area contributed by atoms with Crippen molar-refractivity contribution in [2.24, 2.45) is 0 Å². The first-order valence-corrected chi connectivity index (χ1v) is 13.3. The predicted octanol–water partition coefficient (Wildman–Crippen LogP) is 4.75. The number of amides is 1. The number of nitrogens with one attached hydrogen (secondary N) is 1. The first-order valence-electron chi connectivity index (χ1n) is 12.5. The van der Waals surface area contributed by atoms with Crippen LogP contribution in [-0.4, -0.2) is 73.4 Å². The molecule has 11 nitrogen and oxygen atoms in total. The van der Waals surface area contributed by atoms with Gasteiger partial charge in [0.05, 0.1) is 28.8 Å². The Bertz CT molecular complexity index is 1500. The van der Waals surface area contributed by atoms with Crippen LogP contribution < -0.4 is 15.0 Å². The number of nitrogens with zero attached hydrogens (tertiary/aromatic N) is 6. The van der Waals surface area contributed by atoms with Gasteiger partial charge in [0.15, 0.2) is 5.82 Å². The highest BCUT2D eigenvalue weighted by molar-refractivity contribution is 9.10. The van der Waals surface area contributed by atoms with Crippen LogP contribution >= 0.6 is 15.9 Å². The standard InChI is InChI=1S/C27H28BrN7O4/c1-3-17-4-6-20(12-29-17)39-23-7-5-18(10-16(23)2)32-25-24-22(30-15-31-25)11-21(28)26(33-24)34-8-9-35(27(37)38)19(13-34)14-36/h4-7,10-12,15,19,36H,3,8-9,13-14H2,1-2H3,(H,37,38)(H,30,31,32)/t19-/m0/s1. The van der Waals surface area contributed by atoms with E-state index in [9.17, 15) is 15.0 Å². The van der Waals surface area contributed by atoms with Crippen molar-refractivity contribution in [3.8, 4) is 11.5 Å². The fourth-order valence-corrected chi connectivity index (χ4v) is 5.06. The molecule has 1 saturated heterocycles. The molecule has 39 heavy (non-hydrogen) atoms. The summed E-state index contributed by atoms with van der Waals surface area (Å²) < 4.78 is 6.74. The number of piperazine rings is 1. The van der Waals surface area contributed by atoms with Crippen molar-refractivity contribution >= 4 is 50.4 Å². The summed E-state index contributed by atoms with van der Waals surface area (Å²) >= 11 is 3.59. The molecule has 1 atom stereocenters. The lowest BCUT2D eigenvalue weighted by Crippen LogP contribution is -2.56. The molecule has 5 rings (SSSR count). The molecule has 4 heterocycles. The lowest BCUT2D eigenvalue weighted by molar-refractivity contribution is 0.0909. The third-order valence-corrected chi connectivity index (χ3v) is 7.19. The van der Waals surface area contributed by atoms with E-state index in [0.29, 0.717) is 41.5 Å². The van der Waals surface area contributed by atoms with Crippen molar-refractivity contribution in [1.82, 2.24) is 24.8 Å². The van der Waals surface area contributed by atoms with Gasteiger partial charge in [0, 0.05) is 31.0 Å². The predicted molar refractivity (Wildman–Crippen MR) is 151 cm³/mol. The Morgan fingerprint density at radius 2 is 2.03 bits per heavy atom.